The van der Waals surface area contributed by atoms with Gasteiger partial charge in [0.05, 0.1) is 18.6 Å². The molecule has 1 aromatic carbocycles. The Hall–Kier alpha value is -1.33. The van der Waals surface area contributed by atoms with Crippen molar-refractivity contribution in [2.45, 2.75) is 25.7 Å². The van der Waals surface area contributed by atoms with Crippen LogP contribution in [0.5, 0.6) is 0 Å². The molecule has 1 unspecified atom stereocenters. The largest absolute Gasteiger partial charge is 0.395 e. The molecule has 0 saturated heterocycles. The van der Waals surface area contributed by atoms with Crippen LogP contribution in [0.4, 0.5) is 0 Å². The summed E-state index contributed by atoms with van der Waals surface area (Å²) >= 11 is 0. The van der Waals surface area contributed by atoms with Crippen molar-refractivity contribution in [2.24, 2.45) is 5.92 Å². The Labute approximate surface area is 90.2 Å². The molecule has 0 bridgehead atoms. The molecule has 2 heteroatoms. The van der Waals surface area contributed by atoms with Gasteiger partial charge in [-0.1, -0.05) is 18.2 Å². The molecule has 0 fully saturated rings. The molecule has 0 heterocycles. The Morgan fingerprint density at radius 1 is 1.33 bits per heavy atom. The van der Waals surface area contributed by atoms with Gasteiger partial charge in [-0.2, -0.15) is 5.26 Å². The number of fused-ring (bicyclic) bond motifs is 1. The minimum atomic E-state index is -0.260. The van der Waals surface area contributed by atoms with Gasteiger partial charge >= 0.3 is 0 Å². The Morgan fingerprint density at radius 3 is 2.87 bits per heavy atom. The average Bonchev–Trinajstić information content (AvgIpc) is 2.73. The molecule has 1 N–H and O–H groups in total. The first kappa shape index (κ1) is 10.2. The molecular weight excluding hydrogens is 186 g/mol. The fourth-order valence-electron chi connectivity index (χ4n) is 2.19. The van der Waals surface area contributed by atoms with Crippen molar-refractivity contribution in [1.82, 2.24) is 0 Å². The zero-order valence-electron chi connectivity index (χ0n) is 8.74. The van der Waals surface area contributed by atoms with Gasteiger partial charge < -0.3 is 5.11 Å². The van der Waals surface area contributed by atoms with Gasteiger partial charge in [-0.15, -0.1) is 0 Å². The van der Waals surface area contributed by atoms with Crippen LogP contribution in [0.2, 0.25) is 0 Å². The molecule has 0 aromatic heterocycles. The van der Waals surface area contributed by atoms with Crippen LogP contribution in [0.3, 0.4) is 0 Å². The number of aryl methyl sites for hydroxylation is 2. The van der Waals surface area contributed by atoms with Crippen LogP contribution >= 0.6 is 0 Å². The highest BCUT2D eigenvalue weighted by molar-refractivity contribution is 5.35. The lowest BCUT2D eigenvalue weighted by Gasteiger charge is -2.07. The topological polar surface area (TPSA) is 44.0 Å². The molecule has 0 amide bonds. The van der Waals surface area contributed by atoms with Gasteiger partial charge in [0.2, 0.25) is 0 Å². The van der Waals surface area contributed by atoms with E-state index in [1.807, 2.05) is 0 Å². The van der Waals surface area contributed by atoms with E-state index in [-0.39, 0.29) is 12.5 Å². The lowest BCUT2D eigenvalue weighted by molar-refractivity contribution is 0.255. The van der Waals surface area contributed by atoms with Gasteiger partial charge in [0, 0.05) is 0 Å². The first-order chi connectivity index (χ1) is 7.33. The third kappa shape index (κ3) is 2.19. The highest BCUT2D eigenvalue weighted by Crippen LogP contribution is 2.23. The van der Waals surface area contributed by atoms with E-state index in [9.17, 15) is 0 Å². The van der Waals surface area contributed by atoms with Crippen molar-refractivity contribution in [3.8, 4) is 6.07 Å². The summed E-state index contributed by atoms with van der Waals surface area (Å²) in [5.41, 5.74) is 4.06. The number of rotatable bonds is 3. The van der Waals surface area contributed by atoms with Crippen LogP contribution in [0.15, 0.2) is 18.2 Å². The van der Waals surface area contributed by atoms with Gasteiger partial charge in [-0.05, 0) is 42.4 Å². The smallest absolute Gasteiger partial charge is 0.0734 e. The van der Waals surface area contributed by atoms with Crippen molar-refractivity contribution in [2.75, 3.05) is 6.61 Å². The third-order valence-corrected chi connectivity index (χ3v) is 3.05. The van der Waals surface area contributed by atoms with E-state index >= 15 is 0 Å². The van der Waals surface area contributed by atoms with Crippen molar-refractivity contribution in [1.29, 1.82) is 5.26 Å². The normalized spacial score (nSPS) is 15.7. The van der Waals surface area contributed by atoms with Gasteiger partial charge in [0.25, 0.3) is 0 Å². The Balaban J connectivity index is 2.13. The first-order valence-electron chi connectivity index (χ1n) is 5.44. The van der Waals surface area contributed by atoms with Gasteiger partial charge in [-0.25, -0.2) is 0 Å². The molecule has 2 nitrogen and oxygen atoms in total. The fourth-order valence-corrected chi connectivity index (χ4v) is 2.19. The zero-order chi connectivity index (χ0) is 10.7. The molecule has 0 radical (unpaired) electrons. The summed E-state index contributed by atoms with van der Waals surface area (Å²) in [6.45, 7) is -0.0480. The second-order valence-corrected chi connectivity index (χ2v) is 4.17. The number of nitrogens with zero attached hydrogens (tertiary/aromatic N) is 1. The van der Waals surface area contributed by atoms with E-state index < -0.39 is 0 Å². The minimum absolute atomic E-state index is 0.0480. The van der Waals surface area contributed by atoms with E-state index in [0.29, 0.717) is 6.42 Å². The predicted molar refractivity (Wildman–Crippen MR) is 58.4 cm³/mol. The molecule has 78 valence electrons. The number of hydrogen-bond donors (Lipinski definition) is 1. The van der Waals surface area contributed by atoms with Crippen LogP contribution in [0.25, 0.3) is 0 Å². The lowest BCUT2D eigenvalue weighted by Crippen LogP contribution is -2.07. The lowest BCUT2D eigenvalue weighted by atomic mass is 9.98. The van der Waals surface area contributed by atoms with Crippen LogP contribution in [-0.2, 0) is 19.3 Å². The average molecular weight is 201 g/mol. The summed E-state index contributed by atoms with van der Waals surface area (Å²) in [6, 6.07) is 8.57. The molecule has 0 saturated carbocycles. The maximum Gasteiger partial charge on any atom is 0.0734 e. The summed E-state index contributed by atoms with van der Waals surface area (Å²) in [4.78, 5) is 0. The van der Waals surface area contributed by atoms with E-state index in [0.717, 1.165) is 0 Å². The molecule has 1 atom stereocenters. The van der Waals surface area contributed by atoms with Crippen molar-refractivity contribution in [3.05, 3.63) is 34.9 Å². The van der Waals surface area contributed by atoms with E-state index in [1.165, 1.54) is 36.0 Å². The fraction of sp³-hybridized carbons (Fsp3) is 0.462. The standard InChI is InChI=1S/C13H15NO/c14-8-11(9-15)6-10-4-5-12-2-1-3-13(12)7-10/h4-5,7,11,15H,1-3,6,9H2. The predicted octanol–water partition coefficient (Wildman–Crippen LogP) is 1.85. The summed E-state index contributed by atoms with van der Waals surface area (Å²) in [7, 11) is 0. The van der Waals surface area contributed by atoms with E-state index in [2.05, 4.69) is 24.3 Å². The minimum Gasteiger partial charge on any atom is -0.395 e. The molecule has 1 aromatic rings. The van der Waals surface area contributed by atoms with Gasteiger partial charge in [0.1, 0.15) is 0 Å². The number of aliphatic hydroxyl groups excluding tert-OH is 1. The quantitative estimate of drug-likeness (QED) is 0.811. The van der Waals surface area contributed by atoms with Crippen molar-refractivity contribution >= 4 is 0 Å². The van der Waals surface area contributed by atoms with Crippen LogP contribution in [-0.4, -0.2) is 11.7 Å². The van der Waals surface area contributed by atoms with Crippen LogP contribution in [0.1, 0.15) is 23.1 Å². The molecule has 15 heavy (non-hydrogen) atoms. The van der Waals surface area contributed by atoms with E-state index in [1.54, 1.807) is 0 Å². The SMILES string of the molecule is N#CC(CO)Cc1ccc2c(c1)CCC2. The zero-order valence-corrected chi connectivity index (χ0v) is 8.74. The number of hydrogen-bond acceptors (Lipinski definition) is 2. The monoisotopic (exact) mass is 201 g/mol. The molecule has 2 rings (SSSR count). The Bertz CT molecular complexity index is 392. The number of benzene rings is 1. The maximum atomic E-state index is 8.96. The molecule has 1 aliphatic rings. The Kier molecular flexibility index (Phi) is 3.03. The van der Waals surface area contributed by atoms with Gasteiger partial charge in [-0.3, -0.25) is 0 Å². The van der Waals surface area contributed by atoms with Crippen molar-refractivity contribution in [3.63, 3.8) is 0 Å². The highest BCUT2D eigenvalue weighted by atomic mass is 16.3. The summed E-state index contributed by atoms with van der Waals surface area (Å²) in [6.07, 6.45) is 4.28. The van der Waals surface area contributed by atoms with Crippen LogP contribution < -0.4 is 0 Å². The molecule has 0 spiro atoms. The number of nitriles is 1. The maximum absolute atomic E-state index is 8.96. The van der Waals surface area contributed by atoms with Crippen LogP contribution in [0, 0.1) is 17.2 Å². The molecule has 0 aliphatic heterocycles. The Morgan fingerprint density at radius 2 is 2.13 bits per heavy atom. The van der Waals surface area contributed by atoms with Gasteiger partial charge in [0.15, 0.2) is 0 Å². The molecular formula is C13H15NO. The highest BCUT2D eigenvalue weighted by Gasteiger charge is 2.12. The summed E-state index contributed by atoms with van der Waals surface area (Å²) in [5.74, 6) is -0.260. The number of aliphatic hydroxyl groups is 1. The first-order valence-corrected chi connectivity index (χ1v) is 5.44. The summed E-state index contributed by atoms with van der Waals surface area (Å²) < 4.78 is 0. The third-order valence-electron chi connectivity index (χ3n) is 3.05. The second-order valence-electron chi connectivity index (χ2n) is 4.17. The van der Waals surface area contributed by atoms with E-state index in [4.69, 9.17) is 10.4 Å². The second kappa shape index (κ2) is 4.46. The van der Waals surface area contributed by atoms with Crippen molar-refractivity contribution < 1.29 is 5.11 Å². The summed E-state index contributed by atoms with van der Waals surface area (Å²) in [5, 5.41) is 17.7. The molecule has 1 aliphatic carbocycles.